The van der Waals surface area contributed by atoms with E-state index in [-0.39, 0.29) is 11.1 Å². The summed E-state index contributed by atoms with van der Waals surface area (Å²) in [4.78, 5) is 25.9. The van der Waals surface area contributed by atoms with Crippen LogP contribution >= 0.6 is 0 Å². The first-order valence-corrected chi connectivity index (χ1v) is 9.74. The molecule has 0 aliphatic heterocycles. The van der Waals surface area contributed by atoms with Crippen LogP contribution in [0.25, 0.3) is 23.3 Å². The van der Waals surface area contributed by atoms with Gasteiger partial charge in [0.2, 0.25) is 0 Å². The number of hydrogen-bond acceptors (Lipinski definition) is 2. The molecule has 0 unspecified atom stereocenters. The zero-order chi connectivity index (χ0) is 21.1. The molecule has 0 aliphatic carbocycles. The van der Waals surface area contributed by atoms with E-state index in [0.29, 0.717) is 10.7 Å². The van der Waals surface area contributed by atoms with Crippen LogP contribution in [0.4, 0.5) is 0 Å². The van der Waals surface area contributed by atoms with E-state index < -0.39 is 0 Å². The lowest BCUT2D eigenvalue weighted by molar-refractivity contribution is 0.696. The second-order valence-electron chi connectivity index (χ2n) is 7.19. The third kappa shape index (κ3) is 3.80. The first-order chi connectivity index (χ1) is 14.5. The van der Waals surface area contributed by atoms with Crippen LogP contribution in [0, 0.1) is 0 Å². The molecule has 4 aromatic rings. The molecule has 0 saturated heterocycles. The highest BCUT2D eigenvalue weighted by molar-refractivity contribution is 5.65. The van der Waals surface area contributed by atoms with Crippen molar-refractivity contribution in [1.82, 2.24) is 9.13 Å². The van der Waals surface area contributed by atoms with Crippen molar-refractivity contribution in [2.75, 3.05) is 0 Å². The van der Waals surface area contributed by atoms with E-state index in [1.165, 1.54) is 9.13 Å². The van der Waals surface area contributed by atoms with Gasteiger partial charge >= 0.3 is 0 Å². The molecule has 148 valence electrons. The van der Waals surface area contributed by atoms with Crippen molar-refractivity contribution in [2.24, 2.45) is 14.1 Å². The Morgan fingerprint density at radius 3 is 1.43 bits per heavy atom. The van der Waals surface area contributed by atoms with Crippen LogP contribution in [0.5, 0.6) is 0 Å². The van der Waals surface area contributed by atoms with Crippen LogP contribution < -0.4 is 21.8 Å². The second kappa shape index (κ2) is 8.21. The molecule has 30 heavy (non-hydrogen) atoms. The molecule has 0 N–H and O–H groups in total. The SMILES string of the molecule is Cn1c(=O)/c(=C/c2ccc(-c3ccccc3)cc2)n(C)c(=O)/c1=C/c1ccccc1. The fraction of sp³-hybridized carbons (Fsp3) is 0.0769. The summed E-state index contributed by atoms with van der Waals surface area (Å²) < 4.78 is 2.84. The molecule has 0 radical (unpaired) electrons. The largest absolute Gasteiger partial charge is 0.305 e. The Labute approximate surface area is 174 Å². The van der Waals surface area contributed by atoms with Crippen LogP contribution in [-0.4, -0.2) is 9.13 Å². The zero-order valence-corrected chi connectivity index (χ0v) is 16.9. The lowest BCUT2D eigenvalue weighted by Gasteiger charge is -2.06. The van der Waals surface area contributed by atoms with Gasteiger partial charge in [0.25, 0.3) is 11.1 Å². The van der Waals surface area contributed by atoms with Gasteiger partial charge in [-0.15, -0.1) is 0 Å². The van der Waals surface area contributed by atoms with Crippen LogP contribution in [0.15, 0.2) is 94.5 Å². The molecule has 0 amide bonds. The Kier molecular flexibility index (Phi) is 5.31. The molecule has 1 heterocycles. The van der Waals surface area contributed by atoms with Gasteiger partial charge in [-0.2, -0.15) is 0 Å². The van der Waals surface area contributed by atoms with Crippen molar-refractivity contribution in [3.05, 3.63) is 127 Å². The first-order valence-electron chi connectivity index (χ1n) is 9.74. The van der Waals surface area contributed by atoms with Gasteiger partial charge in [0.05, 0.1) is 0 Å². The van der Waals surface area contributed by atoms with Crippen molar-refractivity contribution < 1.29 is 0 Å². The van der Waals surface area contributed by atoms with Gasteiger partial charge in [0.1, 0.15) is 10.7 Å². The van der Waals surface area contributed by atoms with Crippen molar-refractivity contribution >= 4 is 12.2 Å². The van der Waals surface area contributed by atoms with Crippen molar-refractivity contribution in [2.45, 2.75) is 0 Å². The lowest BCUT2D eigenvalue weighted by atomic mass is 10.0. The van der Waals surface area contributed by atoms with E-state index in [0.717, 1.165) is 22.3 Å². The maximum absolute atomic E-state index is 13.0. The van der Waals surface area contributed by atoms with E-state index in [9.17, 15) is 9.59 Å². The molecule has 0 aliphatic rings. The minimum Gasteiger partial charge on any atom is -0.305 e. The molecule has 4 heteroatoms. The summed E-state index contributed by atoms with van der Waals surface area (Å²) in [7, 11) is 3.27. The van der Waals surface area contributed by atoms with Gasteiger partial charge < -0.3 is 9.13 Å². The van der Waals surface area contributed by atoms with Crippen molar-refractivity contribution in [3.8, 4) is 11.1 Å². The highest BCUT2D eigenvalue weighted by Gasteiger charge is 2.06. The molecule has 0 spiro atoms. The molecular weight excluding hydrogens is 372 g/mol. The van der Waals surface area contributed by atoms with Crippen LogP contribution in [0.1, 0.15) is 11.1 Å². The van der Waals surface area contributed by atoms with E-state index in [1.807, 2.05) is 72.8 Å². The number of rotatable bonds is 3. The van der Waals surface area contributed by atoms with Crippen molar-refractivity contribution in [1.29, 1.82) is 0 Å². The quantitative estimate of drug-likeness (QED) is 0.536. The monoisotopic (exact) mass is 394 g/mol. The Balaban J connectivity index is 1.82. The summed E-state index contributed by atoms with van der Waals surface area (Å²) in [6, 6.07) is 27.6. The molecule has 4 nitrogen and oxygen atoms in total. The minimum atomic E-state index is -0.216. The predicted molar refractivity (Wildman–Crippen MR) is 122 cm³/mol. The van der Waals surface area contributed by atoms with E-state index >= 15 is 0 Å². The highest BCUT2D eigenvalue weighted by Crippen LogP contribution is 2.19. The average molecular weight is 394 g/mol. The van der Waals surface area contributed by atoms with Gasteiger partial charge in [0, 0.05) is 14.1 Å². The zero-order valence-electron chi connectivity index (χ0n) is 16.9. The van der Waals surface area contributed by atoms with Gasteiger partial charge in [-0.25, -0.2) is 0 Å². The van der Waals surface area contributed by atoms with Gasteiger partial charge in [-0.05, 0) is 34.4 Å². The first kappa shape index (κ1) is 19.4. The minimum absolute atomic E-state index is 0.215. The molecule has 0 atom stereocenters. The fourth-order valence-electron chi connectivity index (χ4n) is 3.43. The molecule has 0 saturated carbocycles. The van der Waals surface area contributed by atoms with E-state index in [2.05, 4.69) is 12.1 Å². The maximum Gasteiger partial charge on any atom is 0.274 e. The van der Waals surface area contributed by atoms with Crippen LogP contribution in [-0.2, 0) is 14.1 Å². The summed E-state index contributed by atoms with van der Waals surface area (Å²) >= 11 is 0. The number of benzene rings is 3. The fourth-order valence-corrected chi connectivity index (χ4v) is 3.43. The third-order valence-electron chi connectivity index (χ3n) is 5.19. The summed E-state index contributed by atoms with van der Waals surface area (Å²) in [5, 5.41) is 0.699. The molecule has 3 aromatic carbocycles. The summed E-state index contributed by atoms with van der Waals surface area (Å²) in [5.74, 6) is 0. The number of nitrogens with zero attached hydrogens (tertiary/aromatic N) is 2. The molecule has 4 rings (SSSR count). The maximum atomic E-state index is 13.0. The molecular formula is C26H22N2O2. The Hall–Kier alpha value is -3.92. The van der Waals surface area contributed by atoms with Crippen LogP contribution in [0.2, 0.25) is 0 Å². The number of hydrogen-bond donors (Lipinski definition) is 0. The summed E-state index contributed by atoms with van der Waals surface area (Å²) in [5.41, 5.74) is 3.54. The predicted octanol–water partition coefficient (Wildman–Crippen LogP) is 2.41. The standard InChI is InChI=1S/C26H22N2O2/c1-27-23(17-19-9-5-3-6-10-19)25(29)28(2)24(26(27)30)18-20-13-15-22(16-14-20)21-11-7-4-8-12-21/h3-18H,1-2H3/b23-17-,24-18-. The van der Waals surface area contributed by atoms with Crippen molar-refractivity contribution in [3.63, 3.8) is 0 Å². The molecule has 1 aromatic heterocycles. The Bertz CT molecular complexity index is 1410. The van der Waals surface area contributed by atoms with Gasteiger partial charge in [-0.1, -0.05) is 84.9 Å². The van der Waals surface area contributed by atoms with Gasteiger partial charge in [0.15, 0.2) is 0 Å². The summed E-state index contributed by atoms with van der Waals surface area (Å²) in [6.07, 6.45) is 3.49. The normalized spacial score (nSPS) is 12.3. The van der Waals surface area contributed by atoms with E-state index in [4.69, 9.17) is 0 Å². The summed E-state index contributed by atoms with van der Waals surface area (Å²) in [6.45, 7) is 0. The Morgan fingerprint density at radius 1 is 0.533 bits per heavy atom. The second-order valence-corrected chi connectivity index (χ2v) is 7.19. The number of aromatic nitrogens is 2. The van der Waals surface area contributed by atoms with Gasteiger partial charge in [-0.3, -0.25) is 9.59 Å². The third-order valence-corrected chi connectivity index (χ3v) is 5.19. The smallest absolute Gasteiger partial charge is 0.274 e. The highest BCUT2D eigenvalue weighted by atomic mass is 16.1. The average Bonchev–Trinajstić information content (AvgIpc) is 2.80. The van der Waals surface area contributed by atoms with Crippen LogP contribution in [0.3, 0.4) is 0 Å². The topological polar surface area (TPSA) is 44.0 Å². The van der Waals surface area contributed by atoms with E-state index in [1.54, 1.807) is 26.2 Å². The molecule has 0 fully saturated rings. The lowest BCUT2D eigenvalue weighted by Crippen LogP contribution is -2.56. The molecule has 0 bridgehead atoms. The Morgan fingerprint density at radius 2 is 0.933 bits per heavy atom.